The van der Waals surface area contributed by atoms with Crippen LogP contribution in [0.2, 0.25) is 0 Å². The van der Waals surface area contributed by atoms with Gasteiger partial charge in [-0.3, -0.25) is 0 Å². The summed E-state index contributed by atoms with van der Waals surface area (Å²) >= 11 is 0. The quantitative estimate of drug-likeness (QED) is 0.747. The minimum atomic E-state index is 0.601. The Hall–Kier alpha value is -1.25. The largest absolute Gasteiger partial charge is 0.384 e. The highest BCUT2D eigenvalue weighted by atomic mass is 15.2. The summed E-state index contributed by atoms with van der Waals surface area (Å²) in [4.78, 5) is 6.50. The van der Waals surface area contributed by atoms with E-state index >= 15 is 0 Å². The molecule has 13 heavy (non-hydrogen) atoms. The molecule has 1 heterocycles. The van der Waals surface area contributed by atoms with Gasteiger partial charge in [0.05, 0.1) is 0 Å². The Morgan fingerprint density at radius 2 is 2.23 bits per heavy atom. The van der Waals surface area contributed by atoms with Crippen LogP contribution in [0.25, 0.3) is 0 Å². The van der Waals surface area contributed by atoms with Crippen molar-refractivity contribution in [2.24, 2.45) is 0 Å². The number of nitrogens with two attached hydrogens (primary N) is 1. The maximum absolute atomic E-state index is 5.62. The average molecular weight is 177 g/mol. The third kappa shape index (κ3) is 1.59. The van der Waals surface area contributed by atoms with Crippen molar-refractivity contribution in [1.29, 1.82) is 0 Å². The molecule has 3 heteroatoms. The maximum Gasteiger partial charge on any atom is 0.130 e. The van der Waals surface area contributed by atoms with Gasteiger partial charge >= 0.3 is 0 Å². The predicted octanol–water partition coefficient (Wildman–Crippen LogP) is 1.65. The minimum absolute atomic E-state index is 0.601. The van der Waals surface area contributed by atoms with Crippen molar-refractivity contribution in [3.8, 4) is 0 Å². The molecule has 1 aromatic rings. The van der Waals surface area contributed by atoms with Crippen molar-refractivity contribution in [2.45, 2.75) is 25.3 Å². The molecule has 70 valence electrons. The van der Waals surface area contributed by atoms with Crippen molar-refractivity contribution < 1.29 is 0 Å². The van der Waals surface area contributed by atoms with Gasteiger partial charge in [0.1, 0.15) is 11.6 Å². The van der Waals surface area contributed by atoms with Gasteiger partial charge in [-0.2, -0.15) is 0 Å². The Morgan fingerprint density at radius 1 is 1.46 bits per heavy atom. The Balaban J connectivity index is 2.14. The first kappa shape index (κ1) is 8.35. The van der Waals surface area contributed by atoms with Gasteiger partial charge in [0.2, 0.25) is 0 Å². The smallest absolute Gasteiger partial charge is 0.130 e. The molecule has 1 fully saturated rings. The number of pyridine rings is 1. The zero-order valence-electron chi connectivity index (χ0n) is 7.90. The lowest BCUT2D eigenvalue weighted by atomic mass is 9.92. The fourth-order valence-corrected chi connectivity index (χ4v) is 1.60. The molecule has 1 aromatic heterocycles. The number of nitrogen functional groups attached to an aromatic ring is 1. The highest BCUT2D eigenvalue weighted by Gasteiger charge is 2.22. The molecule has 0 unspecified atom stereocenters. The van der Waals surface area contributed by atoms with E-state index in [9.17, 15) is 0 Å². The minimum Gasteiger partial charge on any atom is -0.384 e. The van der Waals surface area contributed by atoms with Crippen molar-refractivity contribution in [2.75, 3.05) is 17.7 Å². The molecule has 2 N–H and O–H groups in total. The lowest BCUT2D eigenvalue weighted by molar-refractivity contribution is 0.399. The van der Waals surface area contributed by atoms with Crippen LogP contribution >= 0.6 is 0 Å². The lowest BCUT2D eigenvalue weighted by Gasteiger charge is -2.35. The van der Waals surface area contributed by atoms with E-state index in [1.165, 1.54) is 19.3 Å². The van der Waals surface area contributed by atoms with Gasteiger partial charge in [0.25, 0.3) is 0 Å². The predicted molar refractivity (Wildman–Crippen MR) is 54.7 cm³/mol. The second kappa shape index (κ2) is 3.24. The second-order valence-electron chi connectivity index (χ2n) is 3.62. The van der Waals surface area contributed by atoms with Gasteiger partial charge < -0.3 is 10.6 Å². The molecular weight excluding hydrogens is 162 g/mol. The van der Waals surface area contributed by atoms with E-state index in [0.29, 0.717) is 11.9 Å². The summed E-state index contributed by atoms with van der Waals surface area (Å²) in [6.07, 6.45) is 3.91. The third-order valence-corrected chi connectivity index (χ3v) is 2.74. The summed E-state index contributed by atoms with van der Waals surface area (Å²) in [5.74, 6) is 1.59. The number of hydrogen-bond acceptors (Lipinski definition) is 3. The standard InChI is InChI=1S/C10H15N3/c1-13(8-4-2-5-8)10-7-3-6-9(11)12-10/h3,6-8H,2,4-5H2,1H3,(H2,11,12). The van der Waals surface area contributed by atoms with E-state index in [4.69, 9.17) is 5.73 Å². The molecular formula is C10H15N3. The van der Waals surface area contributed by atoms with Gasteiger partial charge in [-0.15, -0.1) is 0 Å². The number of nitrogens with zero attached hydrogens (tertiary/aromatic N) is 2. The van der Waals surface area contributed by atoms with E-state index < -0.39 is 0 Å². The lowest BCUT2D eigenvalue weighted by Crippen LogP contribution is -2.37. The van der Waals surface area contributed by atoms with E-state index in [1.54, 1.807) is 0 Å². The topological polar surface area (TPSA) is 42.1 Å². The fraction of sp³-hybridized carbons (Fsp3) is 0.500. The molecule has 0 saturated heterocycles. The van der Waals surface area contributed by atoms with Crippen LogP contribution in [0.1, 0.15) is 19.3 Å². The van der Waals surface area contributed by atoms with E-state index in [2.05, 4.69) is 16.9 Å². The van der Waals surface area contributed by atoms with E-state index in [-0.39, 0.29) is 0 Å². The molecule has 1 aliphatic rings. The van der Waals surface area contributed by atoms with Gasteiger partial charge in [-0.05, 0) is 31.4 Å². The summed E-state index contributed by atoms with van der Waals surface area (Å²) in [5, 5.41) is 0. The fourth-order valence-electron chi connectivity index (χ4n) is 1.60. The van der Waals surface area contributed by atoms with Crippen molar-refractivity contribution in [3.05, 3.63) is 18.2 Å². The summed E-state index contributed by atoms with van der Waals surface area (Å²) in [5.41, 5.74) is 5.62. The molecule has 0 atom stereocenters. The number of aromatic nitrogens is 1. The van der Waals surface area contributed by atoms with Crippen LogP contribution in [0.4, 0.5) is 11.6 Å². The molecule has 0 spiro atoms. The normalized spacial score (nSPS) is 16.7. The molecule has 2 rings (SSSR count). The SMILES string of the molecule is CN(c1cccc(N)n1)C1CCC1. The highest BCUT2D eigenvalue weighted by Crippen LogP contribution is 2.27. The van der Waals surface area contributed by atoms with Gasteiger partial charge in [0.15, 0.2) is 0 Å². The summed E-state index contributed by atoms with van der Waals surface area (Å²) < 4.78 is 0. The first-order valence-electron chi connectivity index (χ1n) is 4.73. The molecule has 1 saturated carbocycles. The zero-order valence-corrected chi connectivity index (χ0v) is 7.90. The van der Waals surface area contributed by atoms with Crippen LogP contribution in [0.5, 0.6) is 0 Å². The molecule has 0 bridgehead atoms. The van der Waals surface area contributed by atoms with E-state index in [1.807, 2.05) is 18.2 Å². The van der Waals surface area contributed by atoms with E-state index in [0.717, 1.165) is 5.82 Å². The first-order valence-corrected chi connectivity index (χ1v) is 4.73. The highest BCUT2D eigenvalue weighted by molar-refractivity contribution is 5.45. The Morgan fingerprint density at radius 3 is 2.77 bits per heavy atom. The van der Waals surface area contributed by atoms with Crippen LogP contribution in [-0.4, -0.2) is 18.1 Å². The summed E-state index contributed by atoms with van der Waals surface area (Å²) in [7, 11) is 2.09. The third-order valence-electron chi connectivity index (χ3n) is 2.74. The maximum atomic E-state index is 5.62. The number of rotatable bonds is 2. The second-order valence-corrected chi connectivity index (χ2v) is 3.62. The van der Waals surface area contributed by atoms with Crippen LogP contribution < -0.4 is 10.6 Å². The van der Waals surface area contributed by atoms with Crippen LogP contribution in [0.15, 0.2) is 18.2 Å². The van der Waals surface area contributed by atoms with Crippen molar-refractivity contribution in [3.63, 3.8) is 0 Å². The van der Waals surface area contributed by atoms with Crippen LogP contribution in [0.3, 0.4) is 0 Å². The summed E-state index contributed by atoms with van der Waals surface area (Å²) in [6, 6.07) is 6.45. The molecule has 0 aliphatic heterocycles. The monoisotopic (exact) mass is 177 g/mol. The van der Waals surface area contributed by atoms with Crippen LogP contribution in [0, 0.1) is 0 Å². The summed E-state index contributed by atoms with van der Waals surface area (Å²) in [6.45, 7) is 0. The van der Waals surface area contributed by atoms with Gasteiger partial charge in [-0.1, -0.05) is 6.07 Å². The number of anilines is 2. The zero-order chi connectivity index (χ0) is 9.26. The molecule has 0 radical (unpaired) electrons. The first-order chi connectivity index (χ1) is 6.27. The number of hydrogen-bond donors (Lipinski definition) is 1. The molecule has 0 amide bonds. The Bertz CT molecular complexity index is 294. The Kier molecular flexibility index (Phi) is 2.08. The average Bonchev–Trinajstić information content (AvgIpc) is 2.01. The van der Waals surface area contributed by atoms with Crippen molar-refractivity contribution >= 4 is 11.6 Å². The molecule has 0 aromatic carbocycles. The molecule has 1 aliphatic carbocycles. The van der Waals surface area contributed by atoms with Gasteiger partial charge in [-0.25, -0.2) is 4.98 Å². The van der Waals surface area contributed by atoms with Gasteiger partial charge in [0, 0.05) is 13.1 Å². The Labute approximate surface area is 78.6 Å². The van der Waals surface area contributed by atoms with Crippen molar-refractivity contribution in [1.82, 2.24) is 4.98 Å². The molecule has 3 nitrogen and oxygen atoms in total. The van der Waals surface area contributed by atoms with Crippen LogP contribution in [-0.2, 0) is 0 Å².